The summed E-state index contributed by atoms with van der Waals surface area (Å²) in [5.74, 6) is -1.41. The molecule has 2 heterocycles. The molecule has 6 heteroatoms. The maximum atomic E-state index is 13.3. The van der Waals surface area contributed by atoms with Gasteiger partial charge < -0.3 is 25.0 Å². The van der Waals surface area contributed by atoms with E-state index in [1.54, 1.807) is 7.05 Å². The summed E-state index contributed by atoms with van der Waals surface area (Å²) in [4.78, 5) is 29.0. The fourth-order valence-corrected chi connectivity index (χ4v) is 4.57. The molecule has 0 aliphatic rings. The van der Waals surface area contributed by atoms with Crippen molar-refractivity contribution in [2.24, 2.45) is 0 Å². The van der Waals surface area contributed by atoms with E-state index in [4.69, 9.17) is 0 Å². The first-order valence-electron chi connectivity index (χ1n) is 11.3. The third kappa shape index (κ3) is 4.28. The average molecular weight is 435 g/mol. The second kappa shape index (κ2) is 10.5. The molecule has 2 aromatic heterocycles. The molecule has 2 unspecified atom stereocenters. The van der Waals surface area contributed by atoms with Gasteiger partial charge in [0.15, 0.2) is 0 Å². The largest absolute Gasteiger partial charge is 0.364 e. The van der Waals surface area contributed by atoms with Gasteiger partial charge in [-0.25, -0.2) is 0 Å². The Morgan fingerprint density at radius 3 is 2.62 bits per heavy atom. The van der Waals surface area contributed by atoms with E-state index in [2.05, 4.69) is 46.2 Å². The topological polar surface area (TPSA) is 78.9 Å². The third-order valence-electron chi connectivity index (χ3n) is 6.13. The molecule has 3 aromatic rings. The Bertz CT molecular complexity index is 1120. The fourth-order valence-electron chi connectivity index (χ4n) is 4.57. The summed E-state index contributed by atoms with van der Waals surface area (Å²) in [7, 11) is 3.55. The van der Waals surface area contributed by atoms with E-state index < -0.39 is 11.8 Å². The SMILES string of the molecule is CC/C=C\c1c(C(C=O)C(C(=O)NC)c2cn(CC)c3c(CNC)cccc23)c[nH]c1C. The predicted octanol–water partition coefficient (Wildman–Crippen LogP) is 4.25. The molecule has 3 N–H and O–H groups in total. The van der Waals surface area contributed by atoms with E-state index >= 15 is 0 Å². The minimum Gasteiger partial charge on any atom is -0.364 e. The van der Waals surface area contributed by atoms with Crippen LogP contribution in [-0.2, 0) is 22.7 Å². The maximum absolute atomic E-state index is 13.3. The highest BCUT2D eigenvalue weighted by molar-refractivity contribution is 5.96. The molecule has 0 saturated heterocycles. The zero-order valence-corrected chi connectivity index (χ0v) is 19.7. The summed E-state index contributed by atoms with van der Waals surface area (Å²) in [5.41, 5.74) is 5.96. The van der Waals surface area contributed by atoms with Crippen LogP contribution in [0.3, 0.4) is 0 Å². The van der Waals surface area contributed by atoms with Crippen molar-refractivity contribution in [1.82, 2.24) is 20.2 Å². The van der Waals surface area contributed by atoms with Crippen molar-refractivity contribution >= 4 is 29.2 Å². The van der Waals surface area contributed by atoms with Crippen LogP contribution >= 0.6 is 0 Å². The summed E-state index contributed by atoms with van der Waals surface area (Å²) >= 11 is 0. The average Bonchev–Trinajstić information content (AvgIpc) is 3.36. The van der Waals surface area contributed by atoms with Gasteiger partial charge in [0.2, 0.25) is 5.91 Å². The lowest BCUT2D eigenvalue weighted by Crippen LogP contribution is -2.31. The Morgan fingerprint density at radius 1 is 1.22 bits per heavy atom. The van der Waals surface area contributed by atoms with Gasteiger partial charge in [-0.1, -0.05) is 37.3 Å². The number of para-hydroxylation sites is 1. The van der Waals surface area contributed by atoms with Crippen LogP contribution in [0.1, 0.15) is 60.1 Å². The van der Waals surface area contributed by atoms with Gasteiger partial charge in [0.1, 0.15) is 6.29 Å². The smallest absolute Gasteiger partial charge is 0.228 e. The second-order valence-electron chi connectivity index (χ2n) is 8.06. The number of nitrogens with one attached hydrogen (secondary N) is 3. The van der Waals surface area contributed by atoms with Gasteiger partial charge in [-0.2, -0.15) is 0 Å². The summed E-state index contributed by atoms with van der Waals surface area (Å²) in [6.07, 6.45) is 9.83. The number of carbonyl (C=O) groups excluding carboxylic acids is 2. The van der Waals surface area contributed by atoms with Crippen molar-refractivity contribution in [2.45, 2.75) is 52.1 Å². The van der Waals surface area contributed by atoms with Gasteiger partial charge in [0.25, 0.3) is 0 Å². The van der Waals surface area contributed by atoms with Crippen LogP contribution in [0.5, 0.6) is 0 Å². The van der Waals surface area contributed by atoms with Crippen molar-refractivity contribution in [3.63, 3.8) is 0 Å². The van der Waals surface area contributed by atoms with E-state index in [0.29, 0.717) is 0 Å². The van der Waals surface area contributed by atoms with Gasteiger partial charge in [-0.05, 0) is 49.6 Å². The second-order valence-corrected chi connectivity index (χ2v) is 8.06. The Balaban J connectivity index is 2.25. The normalized spacial score (nSPS) is 13.5. The first-order chi connectivity index (χ1) is 15.5. The van der Waals surface area contributed by atoms with Gasteiger partial charge in [0, 0.05) is 43.6 Å². The number of aromatic nitrogens is 2. The Hall–Kier alpha value is -3.12. The van der Waals surface area contributed by atoms with Crippen molar-refractivity contribution in [3.8, 4) is 0 Å². The molecule has 0 saturated carbocycles. The molecule has 170 valence electrons. The van der Waals surface area contributed by atoms with E-state index in [1.807, 2.05) is 44.6 Å². The number of hydrogen-bond donors (Lipinski definition) is 3. The quantitative estimate of drug-likeness (QED) is 0.417. The van der Waals surface area contributed by atoms with Crippen molar-refractivity contribution in [3.05, 3.63) is 64.6 Å². The van der Waals surface area contributed by atoms with Crippen LogP contribution in [0, 0.1) is 6.92 Å². The molecule has 0 spiro atoms. The van der Waals surface area contributed by atoms with Crippen LogP contribution in [-0.4, -0.2) is 35.8 Å². The summed E-state index contributed by atoms with van der Waals surface area (Å²) in [6, 6.07) is 6.17. The first kappa shape index (κ1) is 23.5. The van der Waals surface area contributed by atoms with Gasteiger partial charge in [-0.3, -0.25) is 4.79 Å². The zero-order valence-electron chi connectivity index (χ0n) is 19.7. The van der Waals surface area contributed by atoms with Crippen LogP contribution in [0.4, 0.5) is 0 Å². The highest BCUT2D eigenvalue weighted by Gasteiger charge is 2.35. The number of nitrogens with zero attached hydrogens (tertiary/aromatic N) is 1. The molecular weight excluding hydrogens is 400 g/mol. The fraction of sp³-hybridized carbons (Fsp3) is 0.385. The number of allylic oxidation sites excluding steroid dienone is 1. The van der Waals surface area contributed by atoms with Gasteiger partial charge in [-0.15, -0.1) is 0 Å². The standard InChI is InChI=1S/C26H34N4O2/c1-6-8-11-19-17(3)29-14-21(19)23(16-31)24(26(32)28-5)22-15-30(7-2)25-18(13-27-4)10-9-12-20(22)25/h8-12,14-16,23-24,27,29H,6-7,13H2,1-5H3,(H,28,32)/b11-8-. The van der Waals surface area contributed by atoms with Crippen molar-refractivity contribution < 1.29 is 9.59 Å². The number of rotatable bonds is 10. The summed E-state index contributed by atoms with van der Waals surface area (Å²) in [5, 5.41) is 7.04. The zero-order chi connectivity index (χ0) is 23.3. The number of benzene rings is 1. The minimum atomic E-state index is -0.637. The molecular formula is C26H34N4O2. The number of fused-ring (bicyclic) bond motifs is 1. The van der Waals surface area contributed by atoms with E-state index in [0.717, 1.165) is 59.1 Å². The van der Waals surface area contributed by atoms with Crippen LogP contribution in [0.2, 0.25) is 0 Å². The minimum absolute atomic E-state index is 0.166. The number of amides is 1. The molecule has 2 atom stereocenters. The summed E-state index contributed by atoms with van der Waals surface area (Å²) < 4.78 is 2.18. The molecule has 1 amide bonds. The molecule has 6 nitrogen and oxygen atoms in total. The molecule has 0 aliphatic heterocycles. The highest BCUT2D eigenvalue weighted by atomic mass is 16.2. The molecule has 32 heavy (non-hydrogen) atoms. The molecule has 0 fully saturated rings. The van der Waals surface area contributed by atoms with Gasteiger partial charge in [0.05, 0.1) is 17.4 Å². The third-order valence-corrected chi connectivity index (χ3v) is 6.13. The molecule has 0 radical (unpaired) electrons. The maximum Gasteiger partial charge on any atom is 0.228 e. The number of hydrogen-bond acceptors (Lipinski definition) is 3. The Kier molecular flexibility index (Phi) is 7.70. The Labute approximate surface area is 190 Å². The van der Waals surface area contributed by atoms with Gasteiger partial charge >= 0.3 is 0 Å². The number of aromatic amines is 1. The van der Waals surface area contributed by atoms with Crippen molar-refractivity contribution in [1.29, 1.82) is 0 Å². The number of likely N-dealkylation sites (N-methyl/N-ethyl adjacent to an activating group) is 1. The van der Waals surface area contributed by atoms with Crippen molar-refractivity contribution in [2.75, 3.05) is 14.1 Å². The Morgan fingerprint density at radius 2 is 2.00 bits per heavy atom. The summed E-state index contributed by atoms with van der Waals surface area (Å²) in [6.45, 7) is 7.66. The van der Waals surface area contributed by atoms with E-state index in [-0.39, 0.29) is 5.91 Å². The predicted molar refractivity (Wildman–Crippen MR) is 131 cm³/mol. The van der Waals surface area contributed by atoms with E-state index in [1.165, 1.54) is 5.56 Å². The number of carbonyl (C=O) groups is 2. The monoisotopic (exact) mass is 434 g/mol. The number of aldehydes is 1. The molecule has 0 aliphatic carbocycles. The molecule has 1 aromatic carbocycles. The molecule has 0 bridgehead atoms. The number of aryl methyl sites for hydroxylation is 2. The molecule has 3 rings (SSSR count). The van der Waals surface area contributed by atoms with Crippen LogP contribution in [0.15, 0.2) is 36.7 Å². The first-order valence-corrected chi connectivity index (χ1v) is 11.3. The van der Waals surface area contributed by atoms with Crippen LogP contribution in [0.25, 0.3) is 17.0 Å². The highest BCUT2D eigenvalue weighted by Crippen LogP contribution is 2.39. The number of H-pyrrole nitrogens is 1. The lowest BCUT2D eigenvalue weighted by molar-refractivity contribution is -0.124. The van der Waals surface area contributed by atoms with E-state index in [9.17, 15) is 9.59 Å². The van der Waals surface area contributed by atoms with Crippen LogP contribution < -0.4 is 10.6 Å². The lowest BCUT2D eigenvalue weighted by Gasteiger charge is -2.22. The lowest BCUT2D eigenvalue weighted by atomic mass is 9.80.